The van der Waals surface area contributed by atoms with Crippen molar-refractivity contribution in [3.8, 4) is 0 Å². The first-order valence-corrected chi connectivity index (χ1v) is 6.09. The molecule has 2 aromatic rings. The Balaban J connectivity index is 2.25. The summed E-state index contributed by atoms with van der Waals surface area (Å²) < 4.78 is 4.09. The summed E-state index contributed by atoms with van der Waals surface area (Å²) >= 11 is 0. The fourth-order valence-electron chi connectivity index (χ4n) is 2.01. The van der Waals surface area contributed by atoms with Crippen molar-refractivity contribution in [2.24, 2.45) is 0 Å². The highest BCUT2D eigenvalue weighted by atomic mass is 16.3. The molecule has 1 N–H and O–H groups in total. The fraction of sp³-hybridized carbons (Fsp3) is 0.462. The van der Waals surface area contributed by atoms with Crippen LogP contribution in [-0.2, 0) is 26.1 Å². The lowest BCUT2D eigenvalue weighted by atomic mass is 10.3. The molecule has 92 valence electrons. The van der Waals surface area contributed by atoms with Gasteiger partial charge in [0.25, 0.3) is 0 Å². The molecule has 0 radical (unpaired) electrons. The second-order valence-corrected chi connectivity index (χ2v) is 4.08. The van der Waals surface area contributed by atoms with E-state index in [0.29, 0.717) is 0 Å². The van der Waals surface area contributed by atoms with Crippen molar-refractivity contribution in [1.29, 1.82) is 0 Å². The van der Waals surface area contributed by atoms with Gasteiger partial charge in [-0.25, -0.2) is 0 Å². The first-order valence-electron chi connectivity index (χ1n) is 6.09. The Morgan fingerprint density at radius 1 is 1.29 bits per heavy atom. The van der Waals surface area contributed by atoms with Crippen LogP contribution in [0.15, 0.2) is 24.4 Å². The van der Waals surface area contributed by atoms with E-state index in [1.165, 1.54) is 5.69 Å². The standard InChI is InChI=1S/C13H19N3O/c1-3-11-8-13(16(4-2)14-11)9-15-7-5-6-12(15)10-17/h5-8,17H,3-4,9-10H2,1-2H3. The molecule has 2 aromatic heterocycles. The average Bonchev–Trinajstić information content (AvgIpc) is 2.95. The first-order chi connectivity index (χ1) is 8.28. The maximum absolute atomic E-state index is 9.22. The molecule has 17 heavy (non-hydrogen) atoms. The zero-order valence-electron chi connectivity index (χ0n) is 10.4. The highest BCUT2D eigenvalue weighted by molar-refractivity contribution is 5.14. The zero-order valence-corrected chi connectivity index (χ0v) is 10.4. The van der Waals surface area contributed by atoms with Gasteiger partial charge in [0.15, 0.2) is 0 Å². The monoisotopic (exact) mass is 233 g/mol. The number of aryl methyl sites for hydroxylation is 2. The van der Waals surface area contributed by atoms with E-state index in [-0.39, 0.29) is 6.61 Å². The summed E-state index contributed by atoms with van der Waals surface area (Å²) in [6, 6.07) is 6.04. The molecule has 0 spiro atoms. The summed E-state index contributed by atoms with van der Waals surface area (Å²) in [6.45, 7) is 5.93. The Kier molecular flexibility index (Phi) is 3.64. The molecule has 4 heteroatoms. The van der Waals surface area contributed by atoms with Gasteiger partial charge in [0.2, 0.25) is 0 Å². The number of nitrogens with zero attached hydrogens (tertiary/aromatic N) is 3. The van der Waals surface area contributed by atoms with Gasteiger partial charge in [-0.15, -0.1) is 0 Å². The molecule has 0 aliphatic rings. The Labute approximate surface area is 101 Å². The number of rotatable bonds is 5. The van der Waals surface area contributed by atoms with Gasteiger partial charge in [0.05, 0.1) is 24.5 Å². The molecule has 0 saturated carbocycles. The van der Waals surface area contributed by atoms with Gasteiger partial charge < -0.3 is 9.67 Å². The van der Waals surface area contributed by atoms with Crippen molar-refractivity contribution in [2.75, 3.05) is 0 Å². The molecule has 0 fully saturated rings. The Morgan fingerprint density at radius 3 is 2.76 bits per heavy atom. The molecule has 4 nitrogen and oxygen atoms in total. The number of aliphatic hydroxyl groups is 1. The second-order valence-electron chi connectivity index (χ2n) is 4.08. The normalized spacial score (nSPS) is 11.0. The van der Waals surface area contributed by atoms with Crippen molar-refractivity contribution in [1.82, 2.24) is 14.3 Å². The second kappa shape index (κ2) is 5.19. The number of aliphatic hydroxyl groups excluding tert-OH is 1. The van der Waals surface area contributed by atoms with E-state index in [2.05, 4.69) is 29.6 Å². The highest BCUT2D eigenvalue weighted by Crippen LogP contribution is 2.10. The Morgan fingerprint density at radius 2 is 2.12 bits per heavy atom. The molecular weight excluding hydrogens is 214 g/mol. The summed E-state index contributed by atoms with van der Waals surface area (Å²) in [4.78, 5) is 0. The third-order valence-electron chi connectivity index (χ3n) is 2.99. The summed E-state index contributed by atoms with van der Waals surface area (Å²) in [7, 11) is 0. The van der Waals surface area contributed by atoms with E-state index >= 15 is 0 Å². The molecule has 0 amide bonds. The largest absolute Gasteiger partial charge is 0.390 e. The van der Waals surface area contributed by atoms with Crippen LogP contribution in [0.25, 0.3) is 0 Å². The maximum atomic E-state index is 9.22. The maximum Gasteiger partial charge on any atom is 0.0832 e. The molecule has 0 atom stereocenters. The molecule has 2 heterocycles. The minimum Gasteiger partial charge on any atom is -0.390 e. The van der Waals surface area contributed by atoms with Crippen LogP contribution in [0.5, 0.6) is 0 Å². The molecule has 0 aromatic carbocycles. The fourth-order valence-corrected chi connectivity index (χ4v) is 2.01. The smallest absolute Gasteiger partial charge is 0.0832 e. The topological polar surface area (TPSA) is 43.0 Å². The molecule has 0 unspecified atom stereocenters. The summed E-state index contributed by atoms with van der Waals surface area (Å²) in [5.74, 6) is 0. The van der Waals surface area contributed by atoms with Gasteiger partial charge in [0, 0.05) is 18.4 Å². The number of hydrogen-bond donors (Lipinski definition) is 1. The van der Waals surface area contributed by atoms with Gasteiger partial charge in [-0.05, 0) is 31.5 Å². The van der Waals surface area contributed by atoms with Crippen LogP contribution in [0.1, 0.15) is 30.9 Å². The van der Waals surface area contributed by atoms with Gasteiger partial charge in [0.1, 0.15) is 0 Å². The van der Waals surface area contributed by atoms with Crippen molar-refractivity contribution in [3.63, 3.8) is 0 Å². The van der Waals surface area contributed by atoms with Crippen molar-refractivity contribution < 1.29 is 5.11 Å². The van der Waals surface area contributed by atoms with Gasteiger partial charge >= 0.3 is 0 Å². The zero-order chi connectivity index (χ0) is 12.3. The first kappa shape index (κ1) is 11.9. The van der Waals surface area contributed by atoms with E-state index in [0.717, 1.165) is 30.9 Å². The minimum absolute atomic E-state index is 0.0773. The summed E-state index contributed by atoms with van der Waals surface area (Å²) in [5, 5.41) is 13.7. The molecule has 2 rings (SSSR count). The lowest BCUT2D eigenvalue weighted by molar-refractivity contribution is 0.271. The van der Waals surface area contributed by atoms with Crippen molar-refractivity contribution >= 4 is 0 Å². The molecular formula is C13H19N3O. The SMILES string of the molecule is CCc1cc(Cn2cccc2CO)n(CC)n1. The molecule has 0 saturated heterocycles. The summed E-state index contributed by atoms with van der Waals surface area (Å²) in [5.41, 5.74) is 3.25. The number of hydrogen-bond acceptors (Lipinski definition) is 2. The van der Waals surface area contributed by atoms with Crippen LogP contribution >= 0.6 is 0 Å². The number of aromatic nitrogens is 3. The lowest BCUT2D eigenvalue weighted by Crippen LogP contribution is -2.09. The Bertz CT molecular complexity index is 485. The van der Waals surface area contributed by atoms with E-state index < -0.39 is 0 Å². The van der Waals surface area contributed by atoms with Crippen LogP contribution in [0.3, 0.4) is 0 Å². The van der Waals surface area contributed by atoms with Crippen molar-refractivity contribution in [2.45, 2.75) is 40.0 Å². The van der Waals surface area contributed by atoms with Crippen LogP contribution in [-0.4, -0.2) is 19.5 Å². The highest BCUT2D eigenvalue weighted by Gasteiger charge is 2.07. The predicted octanol–water partition coefficient (Wildman–Crippen LogP) is 1.81. The quantitative estimate of drug-likeness (QED) is 0.855. The van der Waals surface area contributed by atoms with Gasteiger partial charge in [-0.3, -0.25) is 4.68 Å². The van der Waals surface area contributed by atoms with E-state index in [1.807, 2.05) is 23.0 Å². The summed E-state index contributed by atoms with van der Waals surface area (Å²) in [6.07, 6.45) is 2.95. The van der Waals surface area contributed by atoms with Crippen LogP contribution in [0, 0.1) is 0 Å². The van der Waals surface area contributed by atoms with Gasteiger partial charge in [-0.2, -0.15) is 5.10 Å². The molecule has 0 aliphatic heterocycles. The minimum atomic E-state index is 0.0773. The van der Waals surface area contributed by atoms with Gasteiger partial charge in [-0.1, -0.05) is 6.92 Å². The molecule has 0 aliphatic carbocycles. The van der Waals surface area contributed by atoms with E-state index in [4.69, 9.17) is 0 Å². The molecule has 0 bridgehead atoms. The third-order valence-corrected chi connectivity index (χ3v) is 2.99. The third kappa shape index (κ3) is 2.42. The van der Waals surface area contributed by atoms with Crippen LogP contribution < -0.4 is 0 Å². The Hall–Kier alpha value is -1.55. The van der Waals surface area contributed by atoms with Crippen LogP contribution in [0.4, 0.5) is 0 Å². The van der Waals surface area contributed by atoms with E-state index in [9.17, 15) is 5.11 Å². The predicted molar refractivity (Wildman–Crippen MR) is 66.7 cm³/mol. The average molecular weight is 233 g/mol. The van der Waals surface area contributed by atoms with Crippen LogP contribution in [0.2, 0.25) is 0 Å². The van der Waals surface area contributed by atoms with E-state index in [1.54, 1.807) is 0 Å². The lowest BCUT2D eigenvalue weighted by Gasteiger charge is -2.08. The van der Waals surface area contributed by atoms with Crippen molar-refractivity contribution in [3.05, 3.63) is 41.5 Å².